The molecular weight excluding hydrogens is 532 g/mol. The van der Waals surface area contributed by atoms with E-state index in [1.807, 2.05) is 51.1 Å². The molecule has 0 heterocycles. The SMILES string of the molecule is C/C=C/CN(C)C.C=CN=C(Nc1ccc(C)c(N(C)C=O)c1)/C(C(C)=NC)=C(\N)c1ccc(Cl)cc1.CCCC. The van der Waals surface area contributed by atoms with Gasteiger partial charge in [0.25, 0.3) is 0 Å². The Labute approximate surface area is 253 Å². The number of hydrogen-bond donors (Lipinski definition) is 2. The van der Waals surface area contributed by atoms with E-state index < -0.39 is 0 Å². The Kier molecular flexibility index (Phi) is 19.2. The topological polar surface area (TPSA) is 86.3 Å². The van der Waals surface area contributed by atoms with Crippen molar-refractivity contribution in [1.82, 2.24) is 4.90 Å². The lowest BCUT2D eigenvalue weighted by molar-refractivity contribution is -0.107. The number of halogens is 1. The first-order valence-corrected chi connectivity index (χ1v) is 14.1. The number of benzene rings is 2. The van der Waals surface area contributed by atoms with Crippen molar-refractivity contribution in [3.8, 4) is 0 Å². The minimum Gasteiger partial charge on any atom is -0.398 e. The lowest BCUT2D eigenvalue weighted by Crippen LogP contribution is -2.24. The van der Waals surface area contributed by atoms with Gasteiger partial charge in [-0.25, -0.2) is 4.99 Å². The molecule has 0 saturated carbocycles. The van der Waals surface area contributed by atoms with Gasteiger partial charge in [-0.3, -0.25) is 9.79 Å². The summed E-state index contributed by atoms with van der Waals surface area (Å²) >= 11 is 6.01. The lowest BCUT2D eigenvalue weighted by Gasteiger charge is -2.19. The van der Waals surface area contributed by atoms with Crippen LogP contribution in [-0.4, -0.2) is 57.6 Å². The molecule has 1 amide bonds. The summed E-state index contributed by atoms with van der Waals surface area (Å²) in [4.78, 5) is 23.6. The highest BCUT2D eigenvalue weighted by Gasteiger charge is 2.17. The zero-order valence-electron chi connectivity index (χ0n) is 26.3. The van der Waals surface area contributed by atoms with Gasteiger partial charge in [-0.15, -0.1) is 0 Å². The zero-order chi connectivity index (χ0) is 31.4. The van der Waals surface area contributed by atoms with E-state index in [1.54, 1.807) is 26.2 Å². The smallest absolute Gasteiger partial charge is 0.213 e. The molecule has 0 atom stereocenters. The molecule has 224 valence electrons. The second kappa shape index (κ2) is 21.1. The molecule has 2 rings (SSSR count). The van der Waals surface area contributed by atoms with Crippen molar-refractivity contribution in [1.29, 1.82) is 0 Å². The lowest BCUT2D eigenvalue weighted by atomic mass is 10.0. The number of amidine groups is 1. The predicted molar refractivity (Wildman–Crippen MR) is 182 cm³/mol. The minimum atomic E-state index is 0.490. The van der Waals surface area contributed by atoms with Crippen molar-refractivity contribution >= 4 is 46.6 Å². The highest BCUT2D eigenvalue weighted by molar-refractivity contribution is 6.31. The van der Waals surface area contributed by atoms with Crippen LogP contribution in [0.5, 0.6) is 0 Å². The number of nitrogens with zero attached hydrogens (tertiary/aromatic N) is 4. The van der Waals surface area contributed by atoms with Gasteiger partial charge in [-0.1, -0.05) is 75.2 Å². The predicted octanol–water partition coefficient (Wildman–Crippen LogP) is 7.59. The quantitative estimate of drug-likeness (QED) is 0.131. The number of unbranched alkanes of at least 4 members (excludes halogenated alkanes) is 1. The molecule has 0 aliphatic heterocycles. The summed E-state index contributed by atoms with van der Waals surface area (Å²) < 4.78 is 0. The van der Waals surface area contributed by atoms with Gasteiger partial charge < -0.3 is 20.9 Å². The first-order valence-electron chi connectivity index (χ1n) is 13.7. The summed E-state index contributed by atoms with van der Waals surface area (Å²) in [5.74, 6) is 0.490. The summed E-state index contributed by atoms with van der Waals surface area (Å²) in [5, 5.41) is 3.92. The Morgan fingerprint density at radius 2 is 1.71 bits per heavy atom. The average Bonchev–Trinajstić information content (AvgIpc) is 2.97. The van der Waals surface area contributed by atoms with Crippen LogP contribution in [-0.2, 0) is 4.79 Å². The van der Waals surface area contributed by atoms with E-state index in [0.29, 0.717) is 27.8 Å². The van der Waals surface area contributed by atoms with Crippen molar-refractivity contribution in [3.63, 3.8) is 0 Å². The standard InChI is InChI=1S/C23H26ClN5O.C6H13N.C4H10/c1-6-27-23(28-19-12-7-15(2)20(13-19)29(5)14-30)21(16(3)26-4)22(25)17-8-10-18(24)11-9-17;1-4-5-6-7(2)3;1-3-4-2/h6-14H,1,25H2,2-5H3,(H,27,28);4-5H,6H2,1-3H3;3-4H2,1-2H3/b22-21-,26-16?;5-4+;. The van der Waals surface area contributed by atoms with Crippen LogP contribution in [0.3, 0.4) is 0 Å². The minimum absolute atomic E-state index is 0.490. The van der Waals surface area contributed by atoms with Gasteiger partial charge in [0.2, 0.25) is 6.41 Å². The molecule has 0 saturated heterocycles. The second-order valence-corrected chi connectivity index (χ2v) is 9.88. The molecule has 0 aromatic heterocycles. The molecule has 0 radical (unpaired) electrons. The average molecular weight is 581 g/mol. The van der Waals surface area contributed by atoms with Gasteiger partial charge >= 0.3 is 0 Å². The maximum Gasteiger partial charge on any atom is 0.213 e. The molecule has 0 fully saturated rings. The fraction of sp³-hybridized carbons (Fsp3) is 0.364. The van der Waals surface area contributed by atoms with E-state index in [-0.39, 0.29) is 0 Å². The van der Waals surface area contributed by atoms with E-state index in [1.165, 1.54) is 23.9 Å². The maximum atomic E-state index is 11.2. The fourth-order valence-corrected chi connectivity index (χ4v) is 3.33. The van der Waals surface area contributed by atoms with Gasteiger partial charge in [0, 0.05) is 48.9 Å². The third-order valence-corrected chi connectivity index (χ3v) is 6.05. The molecule has 7 nitrogen and oxygen atoms in total. The number of nitrogens with one attached hydrogen (secondary N) is 1. The first-order chi connectivity index (χ1) is 19.5. The Morgan fingerprint density at radius 1 is 1.10 bits per heavy atom. The monoisotopic (exact) mass is 580 g/mol. The summed E-state index contributed by atoms with van der Waals surface area (Å²) in [7, 11) is 7.51. The number of amides is 1. The number of aliphatic imine (C=N–C) groups is 2. The van der Waals surface area contributed by atoms with E-state index in [9.17, 15) is 4.79 Å². The second-order valence-electron chi connectivity index (χ2n) is 9.44. The van der Waals surface area contributed by atoms with Crippen molar-refractivity contribution in [3.05, 3.63) is 89.1 Å². The number of aryl methyl sites for hydroxylation is 1. The summed E-state index contributed by atoms with van der Waals surface area (Å²) in [6.45, 7) is 15.0. The molecule has 8 heteroatoms. The van der Waals surface area contributed by atoms with Gasteiger partial charge in [0.05, 0.1) is 11.3 Å². The molecule has 0 unspecified atom stereocenters. The van der Waals surface area contributed by atoms with Crippen LogP contribution in [0, 0.1) is 6.92 Å². The molecule has 3 N–H and O–H groups in total. The molecule has 2 aromatic carbocycles. The molecule has 0 aliphatic carbocycles. The van der Waals surface area contributed by atoms with Gasteiger partial charge in [0.15, 0.2) is 0 Å². The number of carbonyl (C=O) groups is 1. The summed E-state index contributed by atoms with van der Waals surface area (Å²) in [6.07, 6.45) is 9.02. The van der Waals surface area contributed by atoms with Crippen molar-refractivity contribution in [2.45, 2.75) is 47.5 Å². The molecule has 2 aromatic rings. The van der Waals surface area contributed by atoms with Crippen molar-refractivity contribution in [2.75, 3.05) is 45.0 Å². The summed E-state index contributed by atoms with van der Waals surface area (Å²) in [5.41, 5.74) is 11.7. The number of allylic oxidation sites excluding steroid dienone is 1. The van der Waals surface area contributed by atoms with Gasteiger partial charge in [-0.05, 0) is 70.3 Å². The molecule has 0 aliphatic rings. The maximum absolute atomic E-state index is 11.2. The van der Waals surface area contributed by atoms with Crippen LogP contribution >= 0.6 is 11.6 Å². The van der Waals surface area contributed by atoms with E-state index in [0.717, 1.165) is 35.5 Å². The molecule has 41 heavy (non-hydrogen) atoms. The van der Waals surface area contributed by atoms with Crippen molar-refractivity contribution in [2.24, 2.45) is 15.7 Å². The number of likely N-dealkylation sites (N-methyl/N-ethyl adjacent to an activating group) is 1. The Bertz CT molecular complexity index is 1190. The van der Waals surface area contributed by atoms with E-state index in [4.69, 9.17) is 17.3 Å². The van der Waals surface area contributed by atoms with Crippen LogP contribution < -0.4 is 16.0 Å². The van der Waals surface area contributed by atoms with Crippen LogP contribution in [0.4, 0.5) is 11.4 Å². The Balaban J connectivity index is 0.00000123. The third kappa shape index (κ3) is 14.0. The number of hydrogen-bond acceptors (Lipinski definition) is 5. The van der Waals surface area contributed by atoms with Crippen LogP contribution in [0.2, 0.25) is 5.02 Å². The van der Waals surface area contributed by atoms with Crippen LogP contribution in [0.15, 0.2) is 83.0 Å². The van der Waals surface area contributed by atoms with Crippen LogP contribution in [0.25, 0.3) is 5.70 Å². The Morgan fingerprint density at radius 3 is 2.15 bits per heavy atom. The van der Waals surface area contributed by atoms with E-state index >= 15 is 0 Å². The largest absolute Gasteiger partial charge is 0.398 e. The third-order valence-electron chi connectivity index (χ3n) is 5.80. The van der Waals surface area contributed by atoms with Crippen molar-refractivity contribution < 1.29 is 4.79 Å². The number of nitrogens with two attached hydrogens (primary N) is 1. The fourth-order valence-electron chi connectivity index (χ4n) is 3.21. The summed E-state index contributed by atoms with van der Waals surface area (Å²) in [6, 6.07) is 12.9. The highest BCUT2D eigenvalue weighted by Crippen LogP contribution is 2.25. The Hall–Kier alpha value is -3.68. The number of carbonyl (C=O) groups excluding carboxylic acids is 1. The first kappa shape index (κ1) is 37.3. The highest BCUT2D eigenvalue weighted by atomic mass is 35.5. The normalized spacial score (nSPS) is 12.1. The van der Waals surface area contributed by atoms with Gasteiger partial charge in [0.1, 0.15) is 5.84 Å². The van der Waals surface area contributed by atoms with Crippen LogP contribution in [0.1, 0.15) is 51.7 Å². The van der Waals surface area contributed by atoms with E-state index in [2.05, 4.69) is 66.9 Å². The number of anilines is 2. The molecular formula is C33H49ClN6O. The van der Waals surface area contributed by atoms with Gasteiger partial charge in [-0.2, -0.15) is 0 Å². The molecule has 0 bridgehead atoms. The number of rotatable bonds is 10. The zero-order valence-corrected chi connectivity index (χ0v) is 27.1. The molecule has 0 spiro atoms.